The monoisotopic (exact) mass is 340 g/mol. The number of rotatable bonds is 4. The first kappa shape index (κ1) is 16.6. The maximum Gasteiger partial charge on any atom is 0.330 e. The molecule has 1 aliphatic rings. The quantitative estimate of drug-likeness (QED) is 0.657. The number of phenols is 1. The molecule has 0 spiro atoms. The Hall–Kier alpha value is -3.28. The van der Waals surface area contributed by atoms with Crippen LogP contribution in [-0.4, -0.2) is 29.3 Å². The van der Waals surface area contributed by atoms with Crippen molar-refractivity contribution in [2.24, 2.45) is 0 Å². The first-order valence-corrected chi connectivity index (χ1v) is 7.58. The van der Waals surface area contributed by atoms with Gasteiger partial charge in [-0.3, -0.25) is 4.79 Å². The molecule has 2 N–H and O–H groups in total. The number of carbonyl (C=O) groups excluding carboxylic acids is 1. The average Bonchev–Trinajstić information content (AvgIpc) is 2.99. The number of aromatic hydroxyl groups is 1. The summed E-state index contributed by atoms with van der Waals surface area (Å²) in [5.74, 6) is -1.80. The minimum Gasteiger partial charge on any atom is -0.508 e. The highest BCUT2D eigenvalue weighted by Gasteiger charge is 2.40. The standard InChI is InChI=1S/C19H16O6/c1-24-16(21)9-3-11-2-8-15-14(10-11)17(19(22)23)18(25-15)12-4-6-13(20)7-5-12/h2-10,17-18,20H,1H3,(H,22,23)/b9-3+/t17-,18+/m0/s1. The van der Waals surface area contributed by atoms with E-state index in [9.17, 15) is 19.8 Å². The average molecular weight is 340 g/mol. The summed E-state index contributed by atoms with van der Waals surface area (Å²) >= 11 is 0. The lowest BCUT2D eigenvalue weighted by Crippen LogP contribution is -2.18. The lowest BCUT2D eigenvalue weighted by Gasteiger charge is -2.16. The van der Waals surface area contributed by atoms with Crippen LogP contribution in [0.3, 0.4) is 0 Å². The Morgan fingerprint density at radius 1 is 1.16 bits per heavy atom. The molecular weight excluding hydrogens is 324 g/mol. The molecule has 0 saturated carbocycles. The van der Waals surface area contributed by atoms with Gasteiger partial charge in [-0.15, -0.1) is 0 Å². The third-order valence-corrected chi connectivity index (χ3v) is 4.03. The summed E-state index contributed by atoms with van der Waals surface area (Å²) in [5.41, 5.74) is 1.87. The van der Waals surface area contributed by atoms with Crippen molar-refractivity contribution >= 4 is 18.0 Å². The molecule has 0 saturated heterocycles. The van der Waals surface area contributed by atoms with Gasteiger partial charge in [0.1, 0.15) is 23.5 Å². The van der Waals surface area contributed by atoms with Crippen molar-refractivity contribution in [3.05, 3.63) is 65.2 Å². The van der Waals surface area contributed by atoms with E-state index in [0.717, 1.165) is 0 Å². The zero-order valence-corrected chi connectivity index (χ0v) is 13.4. The Morgan fingerprint density at radius 2 is 1.88 bits per heavy atom. The van der Waals surface area contributed by atoms with E-state index in [4.69, 9.17) is 4.74 Å². The predicted molar refractivity (Wildman–Crippen MR) is 89.3 cm³/mol. The highest BCUT2D eigenvalue weighted by molar-refractivity contribution is 5.87. The van der Waals surface area contributed by atoms with E-state index >= 15 is 0 Å². The van der Waals surface area contributed by atoms with Gasteiger partial charge in [0.25, 0.3) is 0 Å². The zero-order valence-electron chi connectivity index (χ0n) is 13.4. The van der Waals surface area contributed by atoms with E-state index in [-0.39, 0.29) is 5.75 Å². The van der Waals surface area contributed by atoms with Gasteiger partial charge >= 0.3 is 11.9 Å². The van der Waals surface area contributed by atoms with Crippen LogP contribution in [0, 0.1) is 0 Å². The molecule has 0 unspecified atom stereocenters. The number of benzene rings is 2. The molecule has 1 heterocycles. The van der Waals surface area contributed by atoms with Crippen molar-refractivity contribution in [1.82, 2.24) is 0 Å². The molecule has 2 aromatic carbocycles. The van der Waals surface area contributed by atoms with Crippen molar-refractivity contribution in [2.75, 3.05) is 7.11 Å². The first-order chi connectivity index (χ1) is 12.0. The lowest BCUT2D eigenvalue weighted by molar-refractivity contribution is -0.140. The molecule has 0 bridgehead atoms. The molecule has 2 aromatic rings. The molecular formula is C19H16O6. The Kier molecular flexibility index (Phi) is 4.43. The van der Waals surface area contributed by atoms with Gasteiger partial charge in [-0.2, -0.15) is 0 Å². The van der Waals surface area contributed by atoms with Crippen molar-refractivity contribution in [3.8, 4) is 11.5 Å². The topological polar surface area (TPSA) is 93.1 Å². The first-order valence-electron chi connectivity index (χ1n) is 7.58. The molecule has 1 aliphatic heterocycles. The number of methoxy groups -OCH3 is 1. The lowest BCUT2D eigenvalue weighted by atomic mass is 9.90. The summed E-state index contributed by atoms with van der Waals surface area (Å²) in [6, 6.07) is 11.4. The van der Waals surface area contributed by atoms with Gasteiger partial charge in [0, 0.05) is 11.6 Å². The van der Waals surface area contributed by atoms with Gasteiger partial charge in [-0.05, 0) is 41.5 Å². The van der Waals surface area contributed by atoms with Crippen molar-refractivity contribution in [1.29, 1.82) is 0 Å². The molecule has 0 fully saturated rings. The van der Waals surface area contributed by atoms with Gasteiger partial charge in [0.2, 0.25) is 0 Å². The van der Waals surface area contributed by atoms with E-state index in [1.165, 1.54) is 25.3 Å². The molecule has 0 aliphatic carbocycles. The van der Waals surface area contributed by atoms with E-state index in [1.54, 1.807) is 36.4 Å². The summed E-state index contributed by atoms with van der Waals surface area (Å²) < 4.78 is 10.4. The number of carbonyl (C=O) groups is 2. The van der Waals surface area contributed by atoms with E-state index in [1.807, 2.05) is 0 Å². The summed E-state index contributed by atoms with van der Waals surface area (Å²) in [6.07, 6.45) is 2.14. The Labute approximate surface area is 143 Å². The fourth-order valence-corrected chi connectivity index (χ4v) is 2.81. The molecule has 3 rings (SSSR count). The fourth-order valence-electron chi connectivity index (χ4n) is 2.81. The Morgan fingerprint density at radius 3 is 2.52 bits per heavy atom. The second kappa shape index (κ2) is 6.68. The Balaban J connectivity index is 1.96. The van der Waals surface area contributed by atoms with Crippen molar-refractivity contribution in [3.63, 3.8) is 0 Å². The maximum absolute atomic E-state index is 11.8. The molecule has 0 amide bonds. The number of esters is 1. The fraction of sp³-hybridized carbons (Fsp3) is 0.158. The zero-order chi connectivity index (χ0) is 18.0. The molecule has 6 nitrogen and oxygen atoms in total. The number of carboxylic acids is 1. The number of fused-ring (bicyclic) bond motifs is 1. The van der Waals surface area contributed by atoms with Crippen LogP contribution < -0.4 is 4.74 Å². The van der Waals surface area contributed by atoms with Gasteiger partial charge in [0.05, 0.1) is 7.11 Å². The van der Waals surface area contributed by atoms with Gasteiger partial charge in [0.15, 0.2) is 0 Å². The van der Waals surface area contributed by atoms with Crippen LogP contribution in [0.1, 0.15) is 28.7 Å². The molecule has 2 atom stereocenters. The number of ether oxygens (including phenoxy) is 2. The molecule has 25 heavy (non-hydrogen) atoms. The second-order valence-electron chi connectivity index (χ2n) is 5.60. The summed E-state index contributed by atoms with van der Waals surface area (Å²) in [6.45, 7) is 0. The smallest absolute Gasteiger partial charge is 0.330 e. The van der Waals surface area contributed by atoms with Gasteiger partial charge in [-0.25, -0.2) is 4.79 Å². The predicted octanol–water partition coefficient (Wildman–Crippen LogP) is 2.88. The van der Waals surface area contributed by atoms with Crippen LogP contribution in [0.2, 0.25) is 0 Å². The van der Waals surface area contributed by atoms with E-state index in [0.29, 0.717) is 22.4 Å². The number of hydrogen-bond donors (Lipinski definition) is 2. The number of phenolic OH excluding ortho intramolecular Hbond substituents is 1. The summed E-state index contributed by atoms with van der Waals surface area (Å²) in [7, 11) is 1.28. The Bertz CT molecular complexity index is 837. The van der Waals surface area contributed by atoms with Crippen molar-refractivity contribution < 1.29 is 29.3 Å². The largest absolute Gasteiger partial charge is 0.508 e. The minimum absolute atomic E-state index is 0.0985. The normalized spacial score (nSPS) is 18.6. The number of carboxylic acid groups (broad SMARTS) is 1. The second-order valence-corrected chi connectivity index (χ2v) is 5.60. The number of hydrogen-bond acceptors (Lipinski definition) is 5. The third kappa shape index (κ3) is 3.33. The van der Waals surface area contributed by atoms with Crippen LogP contribution in [0.25, 0.3) is 6.08 Å². The molecule has 128 valence electrons. The summed E-state index contributed by atoms with van der Waals surface area (Å²) in [4.78, 5) is 23.0. The molecule has 6 heteroatoms. The van der Waals surface area contributed by atoms with Crippen LogP contribution in [0.4, 0.5) is 0 Å². The van der Waals surface area contributed by atoms with Crippen LogP contribution in [0.15, 0.2) is 48.5 Å². The van der Waals surface area contributed by atoms with Gasteiger partial charge < -0.3 is 19.7 Å². The highest BCUT2D eigenvalue weighted by atomic mass is 16.5. The molecule has 0 aromatic heterocycles. The SMILES string of the molecule is COC(=O)/C=C/c1ccc2c(c1)[C@H](C(=O)O)[C@@H](c1ccc(O)cc1)O2. The van der Waals surface area contributed by atoms with Crippen LogP contribution in [0.5, 0.6) is 11.5 Å². The van der Waals surface area contributed by atoms with Crippen LogP contribution in [-0.2, 0) is 14.3 Å². The summed E-state index contributed by atoms with van der Waals surface area (Å²) in [5, 5.41) is 19.1. The maximum atomic E-state index is 11.8. The van der Waals surface area contributed by atoms with Crippen LogP contribution >= 0.6 is 0 Å². The minimum atomic E-state index is -1.01. The van der Waals surface area contributed by atoms with E-state index < -0.39 is 24.0 Å². The number of aliphatic carboxylic acids is 1. The van der Waals surface area contributed by atoms with E-state index in [2.05, 4.69) is 4.74 Å². The third-order valence-electron chi connectivity index (χ3n) is 4.03. The highest BCUT2D eigenvalue weighted by Crippen LogP contribution is 2.46. The molecule has 0 radical (unpaired) electrons. The van der Waals surface area contributed by atoms with Gasteiger partial charge in [-0.1, -0.05) is 18.2 Å². The van der Waals surface area contributed by atoms with Crippen molar-refractivity contribution in [2.45, 2.75) is 12.0 Å².